The van der Waals surface area contributed by atoms with Crippen molar-refractivity contribution in [2.24, 2.45) is 5.92 Å². The zero-order valence-corrected chi connectivity index (χ0v) is 23.9. The first kappa shape index (κ1) is 27.0. The van der Waals surface area contributed by atoms with Crippen LogP contribution in [-0.4, -0.2) is 17.2 Å². The van der Waals surface area contributed by atoms with Gasteiger partial charge in [0.05, 0.1) is 0 Å². The Bertz CT molecular complexity index is 1540. The summed E-state index contributed by atoms with van der Waals surface area (Å²) in [5.41, 5.74) is 1.04. The van der Waals surface area contributed by atoms with E-state index in [1.807, 2.05) is 103 Å². The SMILES string of the molecule is CC(=O)C1[C@@H](CC(=O)c2ccccc2)[C@@H](c2ccccc2)OP1(c1ccccc1)(c1ccccc1)c1ccccc1. The molecule has 3 nitrogen and oxygen atoms in total. The Kier molecular flexibility index (Phi) is 7.26. The molecule has 204 valence electrons. The van der Waals surface area contributed by atoms with Gasteiger partial charge in [0.1, 0.15) is 0 Å². The summed E-state index contributed by atoms with van der Waals surface area (Å²) in [6, 6.07) is 50.3. The molecule has 5 aromatic rings. The molecule has 0 aromatic heterocycles. The number of ketones is 2. The molecule has 1 aliphatic rings. The van der Waals surface area contributed by atoms with E-state index in [0.29, 0.717) is 5.56 Å². The van der Waals surface area contributed by atoms with Crippen molar-refractivity contribution in [1.29, 1.82) is 0 Å². The molecule has 0 bridgehead atoms. The van der Waals surface area contributed by atoms with E-state index in [-0.39, 0.29) is 23.9 Å². The van der Waals surface area contributed by atoms with Crippen molar-refractivity contribution in [3.8, 4) is 0 Å². The minimum absolute atomic E-state index is 0.0130. The van der Waals surface area contributed by atoms with Crippen LogP contribution in [0.5, 0.6) is 0 Å². The van der Waals surface area contributed by atoms with Gasteiger partial charge in [-0.3, -0.25) is 0 Å². The zero-order valence-electron chi connectivity index (χ0n) is 23.0. The molecule has 41 heavy (non-hydrogen) atoms. The van der Waals surface area contributed by atoms with Gasteiger partial charge in [-0.1, -0.05) is 0 Å². The first-order chi connectivity index (χ1) is 20.1. The Morgan fingerprint density at radius 3 is 1.39 bits per heavy atom. The second-order valence-electron chi connectivity index (χ2n) is 10.8. The molecule has 1 aliphatic heterocycles. The van der Waals surface area contributed by atoms with Gasteiger partial charge in [-0.15, -0.1) is 0 Å². The number of carbonyl (C=O) groups excluding carboxylic acids is 2. The summed E-state index contributed by atoms with van der Waals surface area (Å²) in [6.45, 7) is -2.34. The third kappa shape index (κ3) is 4.28. The number of hydrogen-bond acceptors (Lipinski definition) is 3. The van der Waals surface area contributed by atoms with Crippen LogP contribution in [-0.2, 0) is 9.32 Å². The van der Waals surface area contributed by atoms with Crippen molar-refractivity contribution in [2.75, 3.05) is 0 Å². The maximum atomic E-state index is 14.3. The first-order valence-corrected chi connectivity index (χ1v) is 16.3. The van der Waals surface area contributed by atoms with E-state index in [0.717, 1.165) is 21.5 Å². The van der Waals surface area contributed by atoms with Gasteiger partial charge in [0.25, 0.3) is 0 Å². The van der Waals surface area contributed by atoms with E-state index >= 15 is 0 Å². The van der Waals surface area contributed by atoms with Crippen LogP contribution in [0.2, 0.25) is 0 Å². The van der Waals surface area contributed by atoms with Crippen LogP contribution in [0.15, 0.2) is 152 Å². The van der Waals surface area contributed by atoms with Crippen LogP contribution < -0.4 is 15.9 Å². The summed E-state index contributed by atoms with van der Waals surface area (Å²) >= 11 is 0. The average molecular weight is 557 g/mol. The second-order valence-corrected chi connectivity index (χ2v) is 15.3. The fourth-order valence-corrected chi connectivity index (χ4v) is 14.1. The van der Waals surface area contributed by atoms with E-state index in [2.05, 4.69) is 48.5 Å². The molecule has 0 aliphatic carbocycles. The zero-order chi connectivity index (χ0) is 28.3. The van der Waals surface area contributed by atoms with Crippen molar-refractivity contribution in [3.63, 3.8) is 0 Å². The van der Waals surface area contributed by atoms with Crippen LogP contribution >= 0.6 is 6.83 Å². The molecule has 0 radical (unpaired) electrons. The molecule has 6 rings (SSSR count). The van der Waals surface area contributed by atoms with Gasteiger partial charge in [0.2, 0.25) is 0 Å². The Balaban J connectivity index is 1.72. The third-order valence-electron chi connectivity index (χ3n) is 8.53. The molecule has 1 heterocycles. The van der Waals surface area contributed by atoms with Crippen molar-refractivity contribution in [1.82, 2.24) is 0 Å². The van der Waals surface area contributed by atoms with Gasteiger partial charge in [-0.2, -0.15) is 0 Å². The third-order valence-corrected chi connectivity index (χ3v) is 15.0. The van der Waals surface area contributed by atoms with E-state index in [1.54, 1.807) is 6.92 Å². The van der Waals surface area contributed by atoms with Gasteiger partial charge < -0.3 is 0 Å². The van der Waals surface area contributed by atoms with Crippen molar-refractivity contribution in [3.05, 3.63) is 163 Å². The summed E-state index contributed by atoms with van der Waals surface area (Å²) in [5, 5.41) is 2.98. The number of Topliss-reactive ketones (excluding diaryl/α,β-unsaturated/α-hetero) is 2. The van der Waals surface area contributed by atoms with Crippen LogP contribution in [0.3, 0.4) is 0 Å². The minimum atomic E-state index is -4.02. The van der Waals surface area contributed by atoms with Crippen molar-refractivity contribution in [2.45, 2.75) is 25.1 Å². The number of benzene rings is 5. The normalized spacial score (nSPS) is 21.8. The number of carbonyl (C=O) groups is 2. The molecule has 1 fully saturated rings. The molecule has 1 unspecified atom stereocenters. The Hall–Kier alpha value is -4.17. The predicted octanol–water partition coefficient (Wildman–Crippen LogP) is 7.05. The second kappa shape index (κ2) is 11.0. The summed E-state index contributed by atoms with van der Waals surface area (Å²) in [4.78, 5) is 28.3. The Labute approximate surface area is 241 Å². The fraction of sp³-hybridized carbons (Fsp3) is 0.135. The van der Waals surface area contributed by atoms with Gasteiger partial charge >= 0.3 is 242 Å². The molecular weight excluding hydrogens is 523 g/mol. The molecular formula is C37H33O3P. The van der Waals surface area contributed by atoms with Crippen molar-refractivity contribution >= 4 is 34.3 Å². The first-order valence-electron chi connectivity index (χ1n) is 14.1. The molecule has 0 saturated carbocycles. The summed E-state index contributed by atoms with van der Waals surface area (Å²) in [5.74, 6) is -0.344. The van der Waals surface area contributed by atoms with E-state index in [1.165, 1.54) is 0 Å². The Morgan fingerprint density at radius 1 is 0.585 bits per heavy atom. The molecule has 0 amide bonds. The van der Waals surface area contributed by atoms with E-state index in [4.69, 9.17) is 4.52 Å². The van der Waals surface area contributed by atoms with Crippen LogP contribution in [0, 0.1) is 5.92 Å². The summed E-state index contributed by atoms with van der Waals surface area (Å²) in [6.07, 6.45) is -0.283. The van der Waals surface area contributed by atoms with Gasteiger partial charge in [0.15, 0.2) is 0 Å². The van der Waals surface area contributed by atoms with Crippen molar-refractivity contribution < 1.29 is 14.1 Å². The molecule has 5 aromatic carbocycles. The standard InChI is InChI=1S/C37H33O3P/c1-28(38)37-34(27-35(39)29-17-7-2-8-18-29)36(30-19-9-3-10-20-30)40-41(37,31-21-11-4-12-22-31,32-23-13-5-14-24-32)33-25-15-6-16-26-33/h2-26,34,36-37H,27H2,1H3/t34-,36+,37?/m0/s1. The quantitative estimate of drug-likeness (QED) is 0.152. The summed E-state index contributed by atoms with van der Waals surface area (Å²) < 4.78 is 7.76. The monoisotopic (exact) mass is 556 g/mol. The van der Waals surface area contributed by atoms with Crippen LogP contribution in [0.25, 0.3) is 0 Å². The van der Waals surface area contributed by atoms with Crippen LogP contribution in [0.4, 0.5) is 0 Å². The molecule has 1 saturated heterocycles. The van der Waals surface area contributed by atoms with Gasteiger partial charge in [0, 0.05) is 0 Å². The molecule has 4 heteroatoms. The Morgan fingerprint density at radius 2 is 0.976 bits per heavy atom. The predicted molar refractivity (Wildman–Crippen MR) is 169 cm³/mol. The van der Waals surface area contributed by atoms with Gasteiger partial charge in [-0.05, 0) is 0 Å². The van der Waals surface area contributed by atoms with Crippen LogP contribution in [0.1, 0.15) is 35.4 Å². The number of hydrogen-bond donors (Lipinski definition) is 0. The topological polar surface area (TPSA) is 43.4 Å². The summed E-state index contributed by atoms with van der Waals surface area (Å²) in [7, 11) is 0. The average Bonchev–Trinajstić information content (AvgIpc) is 3.36. The number of rotatable bonds is 8. The van der Waals surface area contributed by atoms with E-state index < -0.39 is 18.6 Å². The molecule has 3 atom stereocenters. The maximum absolute atomic E-state index is 14.3. The van der Waals surface area contributed by atoms with Gasteiger partial charge in [-0.25, -0.2) is 0 Å². The van der Waals surface area contributed by atoms with E-state index in [9.17, 15) is 9.59 Å². The fourth-order valence-electron chi connectivity index (χ4n) is 6.97. The molecule has 0 N–H and O–H groups in total. The molecule has 0 spiro atoms.